The van der Waals surface area contributed by atoms with Crippen molar-refractivity contribution in [3.8, 4) is 0 Å². The summed E-state index contributed by atoms with van der Waals surface area (Å²) in [5, 5.41) is 0. The Balaban J connectivity index is 2.00. The summed E-state index contributed by atoms with van der Waals surface area (Å²) in [4.78, 5) is 22.7. The van der Waals surface area contributed by atoms with Crippen LogP contribution in [0.1, 0.15) is 19.8 Å². The van der Waals surface area contributed by atoms with Crippen molar-refractivity contribution >= 4 is 11.9 Å². The summed E-state index contributed by atoms with van der Waals surface area (Å²) in [6, 6.07) is 0. The summed E-state index contributed by atoms with van der Waals surface area (Å²) >= 11 is 0. The van der Waals surface area contributed by atoms with Crippen molar-refractivity contribution in [1.82, 2.24) is 0 Å². The number of hydrogen-bond acceptors (Lipinski definition) is 3. The van der Waals surface area contributed by atoms with Gasteiger partial charge in [0.05, 0.1) is 11.8 Å². The molecule has 2 bridgehead atoms. The van der Waals surface area contributed by atoms with Gasteiger partial charge in [-0.2, -0.15) is 0 Å². The van der Waals surface area contributed by atoms with Gasteiger partial charge in [-0.15, -0.1) is 0 Å². The fraction of sp³-hybridized carbons (Fsp3) is 0.800. The summed E-state index contributed by atoms with van der Waals surface area (Å²) in [6.45, 7) is 2.18. The van der Waals surface area contributed by atoms with E-state index in [4.69, 9.17) is 0 Å². The van der Waals surface area contributed by atoms with Gasteiger partial charge >= 0.3 is 11.9 Å². The molecule has 0 radical (unpaired) electrons. The third-order valence-electron chi connectivity index (χ3n) is 4.08. The highest BCUT2D eigenvalue weighted by Crippen LogP contribution is 2.57. The number of hydrogen-bond donors (Lipinski definition) is 0. The highest BCUT2D eigenvalue weighted by molar-refractivity contribution is 5.97. The van der Waals surface area contributed by atoms with E-state index in [-0.39, 0.29) is 23.8 Å². The van der Waals surface area contributed by atoms with Crippen molar-refractivity contribution < 1.29 is 14.3 Å². The molecule has 1 aliphatic heterocycles. The van der Waals surface area contributed by atoms with Crippen LogP contribution in [0.3, 0.4) is 0 Å². The first-order valence-corrected chi connectivity index (χ1v) is 4.94. The first-order valence-electron chi connectivity index (χ1n) is 4.94. The molecule has 1 heterocycles. The van der Waals surface area contributed by atoms with E-state index >= 15 is 0 Å². The largest absolute Gasteiger partial charge is 0.393 e. The van der Waals surface area contributed by atoms with Crippen LogP contribution in [0.5, 0.6) is 0 Å². The quantitative estimate of drug-likeness (QED) is 0.412. The Labute approximate surface area is 76.4 Å². The molecule has 70 valence electrons. The number of rotatable bonds is 0. The summed E-state index contributed by atoms with van der Waals surface area (Å²) in [6.07, 6.45) is 2.17. The average Bonchev–Trinajstić information content (AvgIpc) is 2.64. The number of fused-ring (bicyclic) bond motifs is 5. The van der Waals surface area contributed by atoms with Crippen LogP contribution in [0.25, 0.3) is 0 Å². The van der Waals surface area contributed by atoms with Crippen molar-refractivity contribution in [3.63, 3.8) is 0 Å². The molecule has 3 aliphatic rings. The van der Waals surface area contributed by atoms with Crippen LogP contribution in [-0.4, -0.2) is 11.9 Å². The van der Waals surface area contributed by atoms with Gasteiger partial charge in [-0.3, -0.25) is 9.59 Å². The third kappa shape index (κ3) is 0.754. The second kappa shape index (κ2) is 2.14. The predicted octanol–water partition coefficient (Wildman–Crippen LogP) is 0.978. The molecule has 3 unspecified atom stereocenters. The van der Waals surface area contributed by atoms with Crippen LogP contribution in [-0.2, 0) is 14.3 Å². The zero-order chi connectivity index (χ0) is 9.16. The molecule has 13 heavy (non-hydrogen) atoms. The van der Waals surface area contributed by atoms with Gasteiger partial charge in [0.1, 0.15) is 0 Å². The molecule has 3 fully saturated rings. The molecule has 0 aromatic carbocycles. The molecule has 2 aliphatic carbocycles. The van der Waals surface area contributed by atoms with Crippen molar-refractivity contribution in [2.75, 3.05) is 0 Å². The van der Waals surface area contributed by atoms with E-state index < -0.39 is 0 Å². The number of carbonyl (C=O) groups excluding carboxylic acids is 2. The van der Waals surface area contributed by atoms with Crippen LogP contribution >= 0.6 is 0 Å². The second-order valence-electron chi connectivity index (χ2n) is 4.66. The fourth-order valence-electron chi connectivity index (χ4n) is 3.58. The van der Waals surface area contributed by atoms with E-state index in [1.54, 1.807) is 0 Å². The van der Waals surface area contributed by atoms with Gasteiger partial charge < -0.3 is 4.74 Å². The molecule has 2 saturated carbocycles. The lowest BCUT2D eigenvalue weighted by Gasteiger charge is -2.24. The van der Waals surface area contributed by atoms with E-state index in [1.807, 2.05) is 0 Å². The Morgan fingerprint density at radius 1 is 1.15 bits per heavy atom. The molecule has 0 aromatic rings. The Bertz CT molecular complexity index is 297. The van der Waals surface area contributed by atoms with E-state index in [1.165, 1.54) is 0 Å². The minimum Gasteiger partial charge on any atom is -0.393 e. The second-order valence-corrected chi connectivity index (χ2v) is 4.66. The van der Waals surface area contributed by atoms with Crippen LogP contribution in [0.2, 0.25) is 0 Å². The minimum atomic E-state index is -0.256. The summed E-state index contributed by atoms with van der Waals surface area (Å²) in [5.74, 6) is 0.793. The molecule has 0 spiro atoms. The molecular formula is C10H12O3. The topological polar surface area (TPSA) is 43.4 Å². The zero-order valence-electron chi connectivity index (χ0n) is 7.53. The van der Waals surface area contributed by atoms with Crippen LogP contribution in [0.4, 0.5) is 0 Å². The molecule has 3 heteroatoms. The van der Waals surface area contributed by atoms with Gasteiger partial charge in [-0.25, -0.2) is 0 Å². The molecule has 5 atom stereocenters. The molecule has 0 amide bonds. The Morgan fingerprint density at radius 2 is 1.85 bits per heavy atom. The van der Waals surface area contributed by atoms with Gasteiger partial charge in [0.15, 0.2) is 0 Å². The lowest BCUT2D eigenvalue weighted by atomic mass is 9.76. The number of carbonyl (C=O) groups is 2. The predicted molar refractivity (Wildman–Crippen MR) is 43.5 cm³/mol. The maximum atomic E-state index is 11.4. The molecule has 0 N–H and O–H groups in total. The molecular weight excluding hydrogens is 168 g/mol. The van der Waals surface area contributed by atoms with Crippen molar-refractivity contribution in [2.24, 2.45) is 29.6 Å². The first-order chi connectivity index (χ1) is 6.18. The SMILES string of the molecule is C[C@H]1CC2C[C@@H]1C1C(=O)OC(=O)C21. The minimum absolute atomic E-state index is 0.0753. The Morgan fingerprint density at radius 3 is 2.62 bits per heavy atom. The molecule has 3 nitrogen and oxygen atoms in total. The van der Waals surface area contributed by atoms with Crippen molar-refractivity contribution in [2.45, 2.75) is 19.8 Å². The first kappa shape index (κ1) is 7.54. The van der Waals surface area contributed by atoms with Crippen molar-refractivity contribution in [3.05, 3.63) is 0 Å². The number of cyclic esters (lactones) is 2. The monoisotopic (exact) mass is 180 g/mol. The van der Waals surface area contributed by atoms with Gasteiger partial charge in [-0.05, 0) is 30.6 Å². The standard InChI is InChI=1S/C10H12O3/c1-4-2-5-3-6(4)8-7(5)9(11)13-10(8)12/h4-8H,2-3H2,1H3/t4-,5?,6-,7?,8?/m0/s1. The van der Waals surface area contributed by atoms with Gasteiger partial charge in [-0.1, -0.05) is 6.92 Å². The summed E-state index contributed by atoms with van der Waals surface area (Å²) < 4.78 is 4.68. The summed E-state index contributed by atoms with van der Waals surface area (Å²) in [7, 11) is 0. The average molecular weight is 180 g/mol. The van der Waals surface area contributed by atoms with Crippen LogP contribution in [0.15, 0.2) is 0 Å². The maximum absolute atomic E-state index is 11.4. The van der Waals surface area contributed by atoms with Gasteiger partial charge in [0, 0.05) is 0 Å². The van der Waals surface area contributed by atoms with E-state index in [0.717, 1.165) is 12.8 Å². The zero-order valence-corrected chi connectivity index (χ0v) is 7.53. The lowest BCUT2D eigenvalue weighted by Crippen LogP contribution is -2.28. The van der Waals surface area contributed by atoms with Gasteiger partial charge in [0.25, 0.3) is 0 Å². The molecule has 1 saturated heterocycles. The highest BCUT2D eigenvalue weighted by Gasteiger charge is 2.61. The summed E-state index contributed by atoms with van der Waals surface area (Å²) in [5.41, 5.74) is 0. The normalized spacial score (nSPS) is 52.5. The van der Waals surface area contributed by atoms with E-state index in [9.17, 15) is 9.59 Å². The molecule has 3 rings (SSSR count). The van der Waals surface area contributed by atoms with Gasteiger partial charge in [0.2, 0.25) is 0 Å². The number of ether oxygens (including phenoxy) is 1. The van der Waals surface area contributed by atoms with E-state index in [0.29, 0.717) is 17.8 Å². The molecule has 0 aromatic heterocycles. The highest BCUT2D eigenvalue weighted by atomic mass is 16.6. The van der Waals surface area contributed by atoms with E-state index in [2.05, 4.69) is 11.7 Å². The van der Waals surface area contributed by atoms with Crippen molar-refractivity contribution in [1.29, 1.82) is 0 Å². The third-order valence-corrected chi connectivity index (χ3v) is 4.08. The van der Waals surface area contributed by atoms with Crippen LogP contribution in [0, 0.1) is 29.6 Å². The van der Waals surface area contributed by atoms with Crippen LogP contribution < -0.4 is 0 Å². The lowest BCUT2D eigenvalue weighted by molar-refractivity contribution is -0.154. The smallest absolute Gasteiger partial charge is 0.317 e. The Kier molecular flexibility index (Phi) is 1.24. The number of esters is 2. The fourth-order valence-corrected chi connectivity index (χ4v) is 3.58. The maximum Gasteiger partial charge on any atom is 0.317 e. The Hall–Kier alpha value is -0.860.